The topological polar surface area (TPSA) is 88.6 Å². The number of rotatable bonds is 6. The average Bonchev–Trinajstić information content (AvgIpc) is 3.10. The zero-order valence-electron chi connectivity index (χ0n) is 15.3. The fraction of sp³-hybridized carbons (Fsp3) is 0.150. The van der Waals surface area contributed by atoms with Gasteiger partial charge in [-0.1, -0.05) is 30.3 Å². The van der Waals surface area contributed by atoms with Crippen LogP contribution >= 0.6 is 0 Å². The SMILES string of the molecule is COc1ccc(OC)c(/C=N/NC(=O)c2[nH]nc(-c3ccccc3)c2C)c1. The molecule has 2 aromatic carbocycles. The Hall–Kier alpha value is -3.61. The van der Waals surface area contributed by atoms with Gasteiger partial charge in [0.05, 0.1) is 26.1 Å². The van der Waals surface area contributed by atoms with Crippen LogP contribution in [0.15, 0.2) is 53.6 Å². The summed E-state index contributed by atoms with van der Waals surface area (Å²) in [7, 11) is 3.15. The van der Waals surface area contributed by atoms with Gasteiger partial charge in [-0.15, -0.1) is 0 Å². The van der Waals surface area contributed by atoms with E-state index in [1.165, 1.54) is 6.21 Å². The van der Waals surface area contributed by atoms with E-state index in [1.807, 2.05) is 37.3 Å². The zero-order chi connectivity index (χ0) is 19.2. The Balaban J connectivity index is 1.75. The van der Waals surface area contributed by atoms with Gasteiger partial charge in [0, 0.05) is 16.7 Å². The van der Waals surface area contributed by atoms with Crippen molar-refractivity contribution in [2.24, 2.45) is 5.10 Å². The lowest BCUT2D eigenvalue weighted by atomic mass is 10.1. The number of methoxy groups -OCH3 is 2. The second-order valence-corrected chi connectivity index (χ2v) is 5.75. The molecule has 0 aliphatic carbocycles. The van der Waals surface area contributed by atoms with Gasteiger partial charge in [-0.2, -0.15) is 10.2 Å². The largest absolute Gasteiger partial charge is 0.497 e. The molecule has 0 atom stereocenters. The molecule has 27 heavy (non-hydrogen) atoms. The number of hydrogen-bond donors (Lipinski definition) is 2. The van der Waals surface area contributed by atoms with Gasteiger partial charge < -0.3 is 9.47 Å². The van der Waals surface area contributed by atoms with E-state index in [0.29, 0.717) is 22.8 Å². The lowest BCUT2D eigenvalue weighted by Crippen LogP contribution is -2.19. The van der Waals surface area contributed by atoms with Crippen molar-refractivity contribution in [3.63, 3.8) is 0 Å². The minimum Gasteiger partial charge on any atom is -0.497 e. The number of aromatic amines is 1. The fourth-order valence-electron chi connectivity index (χ4n) is 2.65. The molecule has 0 aliphatic rings. The zero-order valence-corrected chi connectivity index (χ0v) is 15.3. The molecule has 2 N–H and O–H groups in total. The number of nitrogens with zero attached hydrogens (tertiary/aromatic N) is 2. The van der Waals surface area contributed by atoms with Crippen LogP contribution in [-0.4, -0.2) is 36.5 Å². The van der Waals surface area contributed by atoms with E-state index in [0.717, 1.165) is 16.8 Å². The predicted octanol–water partition coefficient (Wildman–Crippen LogP) is 3.17. The number of carbonyl (C=O) groups excluding carboxylic acids is 1. The maximum atomic E-state index is 12.4. The number of hydrogen-bond acceptors (Lipinski definition) is 5. The summed E-state index contributed by atoms with van der Waals surface area (Å²) in [5, 5.41) is 11.0. The summed E-state index contributed by atoms with van der Waals surface area (Å²) in [5.41, 5.74) is 5.99. The molecule has 0 saturated carbocycles. The van der Waals surface area contributed by atoms with Crippen LogP contribution in [0.5, 0.6) is 11.5 Å². The summed E-state index contributed by atoms with van der Waals surface area (Å²) in [4.78, 5) is 12.4. The van der Waals surface area contributed by atoms with Crippen molar-refractivity contribution in [2.75, 3.05) is 14.2 Å². The highest BCUT2D eigenvalue weighted by atomic mass is 16.5. The molecule has 1 heterocycles. The van der Waals surface area contributed by atoms with Gasteiger partial charge in [-0.3, -0.25) is 9.89 Å². The molecule has 0 saturated heterocycles. The van der Waals surface area contributed by atoms with Crippen LogP contribution in [0.2, 0.25) is 0 Å². The van der Waals surface area contributed by atoms with E-state index in [9.17, 15) is 4.79 Å². The number of nitrogens with one attached hydrogen (secondary N) is 2. The molecule has 7 nitrogen and oxygen atoms in total. The van der Waals surface area contributed by atoms with Gasteiger partial charge in [0.25, 0.3) is 5.91 Å². The highest BCUT2D eigenvalue weighted by molar-refractivity contribution is 5.96. The molecule has 7 heteroatoms. The fourth-order valence-corrected chi connectivity index (χ4v) is 2.65. The van der Waals surface area contributed by atoms with E-state index in [2.05, 4.69) is 20.7 Å². The van der Waals surface area contributed by atoms with Crippen molar-refractivity contribution in [1.29, 1.82) is 0 Å². The van der Waals surface area contributed by atoms with Gasteiger partial charge in [-0.05, 0) is 25.1 Å². The third-order valence-electron chi connectivity index (χ3n) is 4.09. The van der Waals surface area contributed by atoms with Crippen LogP contribution in [0.25, 0.3) is 11.3 Å². The van der Waals surface area contributed by atoms with Crippen LogP contribution < -0.4 is 14.9 Å². The normalized spacial score (nSPS) is 10.8. The van der Waals surface area contributed by atoms with E-state index >= 15 is 0 Å². The molecule has 0 bridgehead atoms. The Kier molecular flexibility index (Phi) is 5.51. The number of ether oxygens (including phenoxy) is 2. The molecule has 0 spiro atoms. The van der Waals surface area contributed by atoms with Crippen molar-refractivity contribution < 1.29 is 14.3 Å². The second-order valence-electron chi connectivity index (χ2n) is 5.75. The van der Waals surface area contributed by atoms with E-state index in [1.54, 1.807) is 32.4 Å². The molecule has 0 aliphatic heterocycles. The summed E-state index contributed by atoms with van der Waals surface area (Å²) in [6.45, 7) is 1.84. The quantitative estimate of drug-likeness (QED) is 0.519. The van der Waals surface area contributed by atoms with Crippen LogP contribution in [-0.2, 0) is 0 Å². The Morgan fingerprint density at radius 1 is 1.15 bits per heavy atom. The van der Waals surface area contributed by atoms with Gasteiger partial charge in [0.1, 0.15) is 17.2 Å². The van der Waals surface area contributed by atoms with Crippen molar-refractivity contribution in [3.8, 4) is 22.8 Å². The number of amides is 1. The Bertz CT molecular complexity index is 965. The molecule has 0 fully saturated rings. The number of carbonyl (C=O) groups is 1. The van der Waals surface area contributed by atoms with Crippen LogP contribution in [0, 0.1) is 6.92 Å². The molecule has 0 unspecified atom stereocenters. The van der Waals surface area contributed by atoms with Gasteiger partial charge in [0.15, 0.2) is 0 Å². The summed E-state index contributed by atoms with van der Waals surface area (Å²) in [6.07, 6.45) is 1.50. The van der Waals surface area contributed by atoms with Crippen molar-refractivity contribution in [2.45, 2.75) is 6.92 Å². The first-order valence-corrected chi connectivity index (χ1v) is 8.30. The maximum absolute atomic E-state index is 12.4. The molecule has 1 aromatic heterocycles. The van der Waals surface area contributed by atoms with Crippen LogP contribution in [0.3, 0.4) is 0 Å². The Labute approximate surface area is 157 Å². The minimum absolute atomic E-state index is 0.364. The molecule has 138 valence electrons. The Morgan fingerprint density at radius 3 is 2.63 bits per heavy atom. The monoisotopic (exact) mass is 364 g/mol. The number of benzene rings is 2. The standard InChI is InChI=1S/C20H20N4O3/c1-13-18(14-7-5-4-6-8-14)22-23-19(13)20(25)24-21-12-15-11-16(26-2)9-10-17(15)27-3/h4-12H,1-3H3,(H,22,23)(H,24,25)/b21-12+. The molecule has 0 radical (unpaired) electrons. The lowest BCUT2D eigenvalue weighted by molar-refractivity contribution is 0.0949. The average molecular weight is 364 g/mol. The Morgan fingerprint density at radius 2 is 1.93 bits per heavy atom. The van der Waals surface area contributed by atoms with Crippen LogP contribution in [0.1, 0.15) is 21.6 Å². The molecule has 1 amide bonds. The molecule has 3 rings (SSSR count). The third-order valence-corrected chi connectivity index (χ3v) is 4.09. The lowest BCUT2D eigenvalue weighted by Gasteiger charge is -2.06. The number of hydrazone groups is 1. The van der Waals surface area contributed by atoms with Gasteiger partial charge in [0.2, 0.25) is 0 Å². The highest BCUT2D eigenvalue weighted by Crippen LogP contribution is 2.23. The molecular weight excluding hydrogens is 344 g/mol. The second kappa shape index (κ2) is 8.18. The predicted molar refractivity (Wildman–Crippen MR) is 103 cm³/mol. The smallest absolute Gasteiger partial charge is 0.289 e. The maximum Gasteiger partial charge on any atom is 0.289 e. The highest BCUT2D eigenvalue weighted by Gasteiger charge is 2.16. The first kappa shape index (κ1) is 18.2. The summed E-state index contributed by atoms with van der Waals surface area (Å²) in [5.74, 6) is 0.915. The van der Waals surface area contributed by atoms with Gasteiger partial charge >= 0.3 is 0 Å². The number of H-pyrrole nitrogens is 1. The van der Waals surface area contributed by atoms with Gasteiger partial charge in [-0.25, -0.2) is 5.43 Å². The van der Waals surface area contributed by atoms with Crippen LogP contribution in [0.4, 0.5) is 0 Å². The first-order chi connectivity index (χ1) is 13.1. The third kappa shape index (κ3) is 3.98. The summed E-state index contributed by atoms with van der Waals surface area (Å²) < 4.78 is 10.5. The van der Waals surface area contributed by atoms with Crippen molar-refractivity contribution >= 4 is 12.1 Å². The molecular formula is C20H20N4O3. The molecule has 3 aromatic rings. The number of aromatic nitrogens is 2. The summed E-state index contributed by atoms with van der Waals surface area (Å²) >= 11 is 0. The summed E-state index contributed by atoms with van der Waals surface area (Å²) in [6, 6.07) is 15.0. The van der Waals surface area contributed by atoms with E-state index in [-0.39, 0.29) is 5.91 Å². The van der Waals surface area contributed by atoms with Crippen molar-refractivity contribution in [3.05, 3.63) is 65.4 Å². The van der Waals surface area contributed by atoms with E-state index < -0.39 is 0 Å². The first-order valence-electron chi connectivity index (χ1n) is 8.30. The van der Waals surface area contributed by atoms with E-state index in [4.69, 9.17) is 9.47 Å². The minimum atomic E-state index is -0.375. The van der Waals surface area contributed by atoms with Crippen molar-refractivity contribution in [1.82, 2.24) is 15.6 Å².